The van der Waals surface area contributed by atoms with Gasteiger partial charge in [0.15, 0.2) is 0 Å². The molecule has 0 heterocycles. The molecule has 0 atom stereocenters. The average Bonchev–Trinajstić information content (AvgIpc) is 2.34. The molecule has 1 rings (SSSR count). The molecule has 0 unspecified atom stereocenters. The fraction of sp³-hybridized carbons (Fsp3) is 0.400. The molecule has 21 heavy (non-hydrogen) atoms. The number of carbonyl (C=O) groups is 3. The monoisotopic (exact) mass is 292 g/mol. The Balaban J connectivity index is 2.70. The highest BCUT2D eigenvalue weighted by Gasteiger charge is 2.15. The molecule has 2 amide bonds. The molecule has 0 fully saturated rings. The molecule has 0 aliphatic rings. The van der Waals surface area contributed by atoms with Gasteiger partial charge in [0.25, 0.3) is 5.91 Å². The van der Waals surface area contributed by atoms with E-state index in [9.17, 15) is 14.4 Å². The smallest absolute Gasteiger partial charge is 0.303 e. The maximum absolute atomic E-state index is 12.0. The van der Waals surface area contributed by atoms with E-state index >= 15 is 0 Å². The summed E-state index contributed by atoms with van der Waals surface area (Å²) in [4.78, 5) is 34.0. The normalized spacial score (nSPS) is 10.8. The SMILES string of the molecule is CC(C)(C)NC(=O)c1cccc(NC(=O)CCC(=O)O)c1. The lowest BCUT2D eigenvalue weighted by molar-refractivity contribution is -0.138. The topological polar surface area (TPSA) is 95.5 Å². The lowest BCUT2D eigenvalue weighted by Crippen LogP contribution is -2.40. The van der Waals surface area contributed by atoms with Crippen molar-refractivity contribution >= 4 is 23.5 Å². The quantitative estimate of drug-likeness (QED) is 0.773. The van der Waals surface area contributed by atoms with Gasteiger partial charge in [-0.1, -0.05) is 6.07 Å². The number of carboxylic acids is 1. The summed E-state index contributed by atoms with van der Waals surface area (Å²) < 4.78 is 0. The molecule has 3 N–H and O–H groups in total. The van der Waals surface area contributed by atoms with E-state index in [1.807, 2.05) is 20.8 Å². The van der Waals surface area contributed by atoms with Crippen molar-refractivity contribution in [2.45, 2.75) is 39.2 Å². The Morgan fingerprint density at radius 1 is 1.14 bits per heavy atom. The van der Waals surface area contributed by atoms with Crippen LogP contribution in [0.25, 0.3) is 0 Å². The minimum absolute atomic E-state index is 0.103. The Labute approximate surface area is 123 Å². The molecule has 1 aromatic rings. The second kappa shape index (κ2) is 6.88. The molecule has 0 radical (unpaired) electrons. The molecule has 6 heteroatoms. The van der Waals surface area contributed by atoms with Crippen molar-refractivity contribution in [3.63, 3.8) is 0 Å². The van der Waals surface area contributed by atoms with Crippen LogP contribution in [0.2, 0.25) is 0 Å². The van der Waals surface area contributed by atoms with E-state index in [0.717, 1.165) is 0 Å². The standard InChI is InChI=1S/C15H20N2O4/c1-15(2,3)17-14(21)10-5-4-6-11(9-10)16-12(18)7-8-13(19)20/h4-6,9H,7-8H2,1-3H3,(H,16,18)(H,17,21)(H,19,20). The fourth-order valence-corrected chi connectivity index (χ4v) is 1.59. The van der Waals surface area contributed by atoms with Crippen molar-refractivity contribution in [1.29, 1.82) is 0 Å². The molecule has 0 saturated carbocycles. The van der Waals surface area contributed by atoms with Crippen LogP contribution >= 0.6 is 0 Å². The van der Waals surface area contributed by atoms with Crippen molar-refractivity contribution in [2.24, 2.45) is 0 Å². The predicted octanol–water partition coefficient (Wildman–Crippen LogP) is 2.02. The minimum Gasteiger partial charge on any atom is -0.481 e. The van der Waals surface area contributed by atoms with Gasteiger partial charge in [0.05, 0.1) is 6.42 Å². The second-order valence-electron chi connectivity index (χ2n) is 5.73. The summed E-state index contributed by atoms with van der Waals surface area (Å²) in [6, 6.07) is 6.50. The van der Waals surface area contributed by atoms with Gasteiger partial charge >= 0.3 is 5.97 Å². The van der Waals surface area contributed by atoms with Crippen LogP contribution < -0.4 is 10.6 Å². The first kappa shape index (κ1) is 16.7. The lowest BCUT2D eigenvalue weighted by Gasteiger charge is -2.20. The van der Waals surface area contributed by atoms with Crippen molar-refractivity contribution in [3.05, 3.63) is 29.8 Å². The van der Waals surface area contributed by atoms with Gasteiger partial charge in [0, 0.05) is 23.2 Å². The largest absolute Gasteiger partial charge is 0.481 e. The molecule has 0 aromatic heterocycles. The lowest BCUT2D eigenvalue weighted by atomic mass is 10.1. The number of carboxylic acid groups (broad SMARTS) is 1. The number of rotatable bonds is 5. The van der Waals surface area contributed by atoms with Crippen LogP contribution in [0, 0.1) is 0 Å². The van der Waals surface area contributed by atoms with Crippen LogP contribution in [-0.2, 0) is 9.59 Å². The van der Waals surface area contributed by atoms with Gasteiger partial charge in [-0.3, -0.25) is 14.4 Å². The van der Waals surface area contributed by atoms with Gasteiger partial charge in [-0.25, -0.2) is 0 Å². The van der Waals surface area contributed by atoms with Crippen LogP contribution in [-0.4, -0.2) is 28.4 Å². The minimum atomic E-state index is -1.02. The molecular formula is C15H20N2O4. The first-order valence-corrected chi connectivity index (χ1v) is 6.61. The Kier molecular flexibility index (Phi) is 5.46. The number of benzene rings is 1. The predicted molar refractivity (Wildman–Crippen MR) is 79.2 cm³/mol. The highest BCUT2D eigenvalue weighted by molar-refractivity contribution is 5.97. The van der Waals surface area contributed by atoms with Gasteiger partial charge < -0.3 is 15.7 Å². The molecule has 0 bridgehead atoms. The van der Waals surface area contributed by atoms with Gasteiger partial charge in [-0.2, -0.15) is 0 Å². The summed E-state index contributed by atoms with van der Waals surface area (Å²) in [6.45, 7) is 5.63. The van der Waals surface area contributed by atoms with E-state index in [1.165, 1.54) is 0 Å². The Morgan fingerprint density at radius 3 is 2.38 bits per heavy atom. The van der Waals surface area contributed by atoms with Crippen molar-refractivity contribution in [2.75, 3.05) is 5.32 Å². The van der Waals surface area contributed by atoms with Crippen molar-refractivity contribution < 1.29 is 19.5 Å². The third-order valence-corrected chi connectivity index (χ3v) is 2.46. The molecule has 0 aliphatic heterocycles. The number of anilines is 1. The third kappa shape index (κ3) is 6.56. The maximum atomic E-state index is 12.0. The van der Waals surface area contributed by atoms with E-state index in [-0.39, 0.29) is 24.3 Å². The second-order valence-corrected chi connectivity index (χ2v) is 5.73. The van der Waals surface area contributed by atoms with Crippen molar-refractivity contribution in [1.82, 2.24) is 5.32 Å². The Hall–Kier alpha value is -2.37. The number of carbonyl (C=O) groups excluding carboxylic acids is 2. The van der Waals surface area contributed by atoms with Crippen molar-refractivity contribution in [3.8, 4) is 0 Å². The molecule has 0 saturated heterocycles. The highest BCUT2D eigenvalue weighted by Crippen LogP contribution is 2.12. The molecule has 6 nitrogen and oxygen atoms in total. The molecule has 114 valence electrons. The molecule has 1 aromatic carbocycles. The highest BCUT2D eigenvalue weighted by atomic mass is 16.4. The number of hydrogen-bond donors (Lipinski definition) is 3. The number of nitrogens with one attached hydrogen (secondary N) is 2. The molecule has 0 spiro atoms. The van der Waals surface area contributed by atoms with E-state index in [0.29, 0.717) is 11.3 Å². The van der Waals surface area contributed by atoms with E-state index in [4.69, 9.17) is 5.11 Å². The van der Waals surface area contributed by atoms with Gasteiger partial charge in [0.1, 0.15) is 0 Å². The van der Waals surface area contributed by atoms with Gasteiger partial charge in [-0.15, -0.1) is 0 Å². The zero-order valence-corrected chi connectivity index (χ0v) is 12.4. The maximum Gasteiger partial charge on any atom is 0.303 e. The summed E-state index contributed by atoms with van der Waals surface area (Å²) in [5.41, 5.74) is 0.547. The van der Waals surface area contributed by atoms with Crippen LogP contribution in [0.1, 0.15) is 44.0 Å². The summed E-state index contributed by atoms with van der Waals surface area (Å²) >= 11 is 0. The zero-order chi connectivity index (χ0) is 16.0. The van der Waals surface area contributed by atoms with Crippen LogP contribution in [0.5, 0.6) is 0 Å². The Morgan fingerprint density at radius 2 is 1.81 bits per heavy atom. The van der Waals surface area contributed by atoms with E-state index in [1.54, 1.807) is 24.3 Å². The molecular weight excluding hydrogens is 272 g/mol. The van der Waals surface area contributed by atoms with Gasteiger partial charge in [-0.05, 0) is 39.0 Å². The first-order chi connectivity index (χ1) is 9.67. The fourth-order valence-electron chi connectivity index (χ4n) is 1.59. The van der Waals surface area contributed by atoms with Crippen LogP contribution in [0.3, 0.4) is 0 Å². The number of hydrogen-bond acceptors (Lipinski definition) is 3. The van der Waals surface area contributed by atoms with E-state index < -0.39 is 11.9 Å². The molecule has 0 aliphatic carbocycles. The van der Waals surface area contributed by atoms with Crippen LogP contribution in [0.4, 0.5) is 5.69 Å². The average molecular weight is 292 g/mol. The number of amides is 2. The summed E-state index contributed by atoms with van der Waals surface area (Å²) in [5.74, 6) is -1.65. The van der Waals surface area contributed by atoms with Crippen LogP contribution in [0.15, 0.2) is 24.3 Å². The summed E-state index contributed by atoms with van der Waals surface area (Å²) in [7, 11) is 0. The number of aliphatic carboxylic acids is 1. The first-order valence-electron chi connectivity index (χ1n) is 6.61. The summed E-state index contributed by atoms with van der Waals surface area (Å²) in [5, 5.41) is 13.9. The van der Waals surface area contributed by atoms with E-state index in [2.05, 4.69) is 10.6 Å². The third-order valence-electron chi connectivity index (χ3n) is 2.46. The van der Waals surface area contributed by atoms with Gasteiger partial charge in [0.2, 0.25) is 5.91 Å². The zero-order valence-electron chi connectivity index (χ0n) is 12.4. The summed E-state index contributed by atoms with van der Waals surface area (Å²) in [6.07, 6.45) is -0.330. The Bertz CT molecular complexity index is 547.